The average molecular weight is 195 g/mol. The number of nitrogens with two attached hydrogens (primary N) is 1. The van der Waals surface area contributed by atoms with Gasteiger partial charge in [0.1, 0.15) is 0 Å². The summed E-state index contributed by atoms with van der Waals surface area (Å²) in [6.45, 7) is 4.47. The maximum Gasteiger partial charge on any atom is 0.0735 e. The van der Waals surface area contributed by atoms with Crippen molar-refractivity contribution in [2.45, 2.75) is 20.0 Å². The lowest BCUT2D eigenvalue weighted by Gasteiger charge is -2.15. The second-order valence-corrected chi connectivity index (χ2v) is 3.70. The van der Waals surface area contributed by atoms with E-state index in [4.69, 9.17) is 5.73 Å². The molecule has 4 N–H and O–H groups in total. The molecule has 0 aliphatic carbocycles. The summed E-state index contributed by atoms with van der Waals surface area (Å²) in [4.78, 5) is 3.94. The second-order valence-electron chi connectivity index (χ2n) is 3.70. The van der Waals surface area contributed by atoms with Crippen molar-refractivity contribution >= 4 is 11.4 Å². The van der Waals surface area contributed by atoms with Gasteiger partial charge in [-0.05, 0) is 12.0 Å². The SMILES string of the molecule is CC(C)C(O)CNc1cncc(N)c1. The van der Waals surface area contributed by atoms with E-state index < -0.39 is 0 Å². The Labute approximate surface area is 84.2 Å². The van der Waals surface area contributed by atoms with Crippen molar-refractivity contribution in [2.24, 2.45) is 5.92 Å². The quantitative estimate of drug-likeness (QED) is 0.672. The molecule has 1 unspecified atom stereocenters. The van der Waals surface area contributed by atoms with Gasteiger partial charge in [-0.2, -0.15) is 0 Å². The molecule has 0 amide bonds. The Morgan fingerprint density at radius 2 is 2.21 bits per heavy atom. The van der Waals surface area contributed by atoms with Crippen LogP contribution in [0.3, 0.4) is 0 Å². The van der Waals surface area contributed by atoms with Crippen molar-refractivity contribution in [1.29, 1.82) is 0 Å². The fraction of sp³-hybridized carbons (Fsp3) is 0.500. The van der Waals surface area contributed by atoms with Crippen molar-refractivity contribution in [3.63, 3.8) is 0 Å². The summed E-state index contributed by atoms with van der Waals surface area (Å²) in [6.07, 6.45) is 2.92. The molecule has 0 spiro atoms. The molecule has 1 heterocycles. The van der Waals surface area contributed by atoms with Crippen LogP contribution < -0.4 is 11.1 Å². The summed E-state index contributed by atoms with van der Waals surface area (Å²) in [5, 5.41) is 12.6. The van der Waals surface area contributed by atoms with E-state index in [-0.39, 0.29) is 12.0 Å². The number of anilines is 2. The van der Waals surface area contributed by atoms with Crippen molar-refractivity contribution in [3.05, 3.63) is 18.5 Å². The molecule has 4 nitrogen and oxygen atoms in total. The summed E-state index contributed by atoms with van der Waals surface area (Å²) in [5.41, 5.74) is 7.02. The summed E-state index contributed by atoms with van der Waals surface area (Å²) < 4.78 is 0. The Balaban J connectivity index is 2.45. The number of nitrogen functional groups attached to an aromatic ring is 1. The van der Waals surface area contributed by atoms with E-state index in [2.05, 4.69) is 10.3 Å². The van der Waals surface area contributed by atoms with Gasteiger partial charge in [-0.3, -0.25) is 4.98 Å². The lowest BCUT2D eigenvalue weighted by Crippen LogP contribution is -2.24. The molecule has 0 bridgehead atoms. The minimum atomic E-state index is -0.351. The van der Waals surface area contributed by atoms with Gasteiger partial charge in [0, 0.05) is 12.7 Å². The van der Waals surface area contributed by atoms with E-state index in [9.17, 15) is 5.11 Å². The Morgan fingerprint density at radius 1 is 1.50 bits per heavy atom. The van der Waals surface area contributed by atoms with Crippen molar-refractivity contribution in [2.75, 3.05) is 17.6 Å². The molecule has 0 aliphatic rings. The Morgan fingerprint density at radius 3 is 2.79 bits per heavy atom. The van der Waals surface area contributed by atoms with Gasteiger partial charge in [0.05, 0.1) is 23.7 Å². The largest absolute Gasteiger partial charge is 0.397 e. The maximum atomic E-state index is 9.54. The van der Waals surface area contributed by atoms with E-state index in [1.54, 1.807) is 18.5 Å². The molecule has 0 saturated heterocycles. The van der Waals surface area contributed by atoms with Crippen molar-refractivity contribution in [3.8, 4) is 0 Å². The first kappa shape index (κ1) is 10.8. The number of pyridine rings is 1. The summed E-state index contributed by atoms with van der Waals surface area (Å²) in [5.74, 6) is 0.247. The number of hydrogen-bond acceptors (Lipinski definition) is 4. The molecular formula is C10H17N3O. The van der Waals surface area contributed by atoms with E-state index in [1.165, 1.54) is 0 Å². The number of aliphatic hydroxyl groups excluding tert-OH is 1. The number of aliphatic hydroxyl groups is 1. The highest BCUT2D eigenvalue weighted by Crippen LogP contribution is 2.10. The minimum Gasteiger partial charge on any atom is -0.397 e. The molecule has 0 aromatic carbocycles. The first-order chi connectivity index (χ1) is 6.59. The number of nitrogens with one attached hydrogen (secondary N) is 1. The van der Waals surface area contributed by atoms with Gasteiger partial charge in [0.15, 0.2) is 0 Å². The lowest BCUT2D eigenvalue weighted by molar-refractivity contribution is 0.138. The Hall–Kier alpha value is -1.29. The molecule has 0 saturated carbocycles. The summed E-state index contributed by atoms with van der Waals surface area (Å²) in [7, 11) is 0. The third-order valence-electron chi connectivity index (χ3n) is 2.04. The third kappa shape index (κ3) is 3.22. The number of aromatic nitrogens is 1. The molecule has 0 fully saturated rings. The van der Waals surface area contributed by atoms with Crippen LogP contribution in [0.2, 0.25) is 0 Å². The number of nitrogens with zero attached hydrogens (tertiary/aromatic N) is 1. The van der Waals surface area contributed by atoms with Gasteiger partial charge >= 0.3 is 0 Å². The predicted molar refractivity (Wildman–Crippen MR) is 58.0 cm³/mol. The van der Waals surface area contributed by atoms with Crippen LogP contribution in [0.15, 0.2) is 18.5 Å². The molecule has 1 aromatic heterocycles. The van der Waals surface area contributed by atoms with E-state index in [0.717, 1.165) is 5.69 Å². The van der Waals surface area contributed by atoms with Crippen LogP contribution in [-0.2, 0) is 0 Å². The average Bonchev–Trinajstić information content (AvgIpc) is 2.14. The predicted octanol–water partition coefficient (Wildman–Crippen LogP) is 1.09. The lowest BCUT2D eigenvalue weighted by atomic mass is 10.1. The fourth-order valence-corrected chi connectivity index (χ4v) is 1.01. The second kappa shape index (κ2) is 4.81. The van der Waals surface area contributed by atoms with Gasteiger partial charge in [0.25, 0.3) is 0 Å². The van der Waals surface area contributed by atoms with E-state index in [0.29, 0.717) is 12.2 Å². The Bertz CT molecular complexity index is 288. The summed E-state index contributed by atoms with van der Waals surface area (Å²) >= 11 is 0. The molecule has 0 aliphatic heterocycles. The Kier molecular flexibility index (Phi) is 3.71. The first-order valence-electron chi connectivity index (χ1n) is 4.72. The van der Waals surface area contributed by atoms with Gasteiger partial charge in [0.2, 0.25) is 0 Å². The molecule has 14 heavy (non-hydrogen) atoms. The smallest absolute Gasteiger partial charge is 0.0735 e. The van der Waals surface area contributed by atoms with E-state index >= 15 is 0 Å². The topological polar surface area (TPSA) is 71.2 Å². The van der Waals surface area contributed by atoms with Crippen LogP contribution in [0.25, 0.3) is 0 Å². The van der Waals surface area contributed by atoms with Crippen molar-refractivity contribution < 1.29 is 5.11 Å². The van der Waals surface area contributed by atoms with Crippen LogP contribution >= 0.6 is 0 Å². The normalized spacial score (nSPS) is 12.9. The fourth-order valence-electron chi connectivity index (χ4n) is 1.01. The van der Waals surface area contributed by atoms with Crippen LogP contribution in [0.4, 0.5) is 11.4 Å². The zero-order valence-corrected chi connectivity index (χ0v) is 8.57. The van der Waals surface area contributed by atoms with Gasteiger partial charge in [-0.15, -0.1) is 0 Å². The molecule has 1 rings (SSSR count). The molecule has 1 atom stereocenters. The van der Waals surface area contributed by atoms with E-state index in [1.807, 2.05) is 13.8 Å². The number of hydrogen-bond donors (Lipinski definition) is 3. The van der Waals surface area contributed by atoms with Crippen LogP contribution in [0.1, 0.15) is 13.8 Å². The van der Waals surface area contributed by atoms with Crippen LogP contribution in [-0.4, -0.2) is 22.7 Å². The zero-order chi connectivity index (χ0) is 10.6. The zero-order valence-electron chi connectivity index (χ0n) is 8.57. The number of rotatable bonds is 4. The minimum absolute atomic E-state index is 0.247. The highest BCUT2D eigenvalue weighted by Gasteiger charge is 2.08. The van der Waals surface area contributed by atoms with Crippen LogP contribution in [0, 0.1) is 5.92 Å². The third-order valence-corrected chi connectivity index (χ3v) is 2.04. The van der Waals surface area contributed by atoms with Crippen molar-refractivity contribution in [1.82, 2.24) is 4.98 Å². The van der Waals surface area contributed by atoms with Crippen LogP contribution in [0.5, 0.6) is 0 Å². The summed E-state index contributed by atoms with van der Waals surface area (Å²) in [6, 6.07) is 1.79. The molecule has 4 heteroatoms. The highest BCUT2D eigenvalue weighted by molar-refractivity contribution is 5.51. The molecular weight excluding hydrogens is 178 g/mol. The molecule has 0 radical (unpaired) electrons. The highest BCUT2D eigenvalue weighted by atomic mass is 16.3. The molecule has 1 aromatic rings. The van der Waals surface area contributed by atoms with Gasteiger partial charge in [-0.1, -0.05) is 13.8 Å². The monoisotopic (exact) mass is 195 g/mol. The van der Waals surface area contributed by atoms with Gasteiger partial charge in [-0.25, -0.2) is 0 Å². The maximum absolute atomic E-state index is 9.54. The van der Waals surface area contributed by atoms with Gasteiger partial charge < -0.3 is 16.2 Å². The standard InChI is InChI=1S/C10H17N3O/c1-7(2)10(14)6-13-9-3-8(11)4-12-5-9/h3-5,7,10,13-14H,6,11H2,1-2H3. The first-order valence-corrected chi connectivity index (χ1v) is 4.72. The molecule has 78 valence electrons.